The van der Waals surface area contributed by atoms with E-state index in [9.17, 15) is 8.42 Å². The van der Waals surface area contributed by atoms with Crippen LogP contribution in [0.15, 0.2) is 27.6 Å². The molecule has 2 aromatic rings. The highest BCUT2D eigenvalue weighted by molar-refractivity contribution is 9.10. The van der Waals surface area contributed by atoms with Crippen molar-refractivity contribution in [2.75, 3.05) is 11.8 Å². The molecule has 0 bridgehead atoms. The van der Waals surface area contributed by atoms with Gasteiger partial charge < -0.3 is 4.74 Å². The minimum Gasteiger partial charge on any atom is -0.494 e. The third-order valence-corrected chi connectivity index (χ3v) is 4.89. The van der Waals surface area contributed by atoms with Gasteiger partial charge in [-0.05, 0) is 34.5 Å². The Balaban J connectivity index is 2.44. The molecule has 0 spiro atoms. The lowest BCUT2D eigenvalue weighted by atomic mass is 10.3. The van der Waals surface area contributed by atoms with E-state index in [1.807, 2.05) is 6.92 Å². The molecule has 1 heterocycles. The first-order valence-corrected chi connectivity index (χ1v) is 8.63. The van der Waals surface area contributed by atoms with E-state index in [0.717, 1.165) is 12.1 Å². The highest BCUT2D eigenvalue weighted by Gasteiger charge is 2.23. The Morgan fingerprint density at radius 1 is 1.43 bits per heavy atom. The summed E-state index contributed by atoms with van der Waals surface area (Å²) in [4.78, 5) is -0.0644. The quantitative estimate of drug-likeness (QED) is 0.815. The van der Waals surface area contributed by atoms with Gasteiger partial charge in [0, 0.05) is 16.8 Å². The topological polar surface area (TPSA) is 84.1 Å². The summed E-state index contributed by atoms with van der Waals surface area (Å²) in [6.07, 6.45) is 0.723. The van der Waals surface area contributed by atoms with Crippen molar-refractivity contribution in [1.29, 1.82) is 0 Å². The maximum Gasteiger partial charge on any atom is 0.266 e. The van der Waals surface area contributed by atoms with Gasteiger partial charge in [0.05, 0.1) is 11.6 Å². The molecule has 0 unspecified atom stereocenters. The Morgan fingerprint density at radius 2 is 2.14 bits per heavy atom. The van der Waals surface area contributed by atoms with Gasteiger partial charge in [-0.15, -0.1) is 0 Å². The van der Waals surface area contributed by atoms with E-state index in [-0.39, 0.29) is 21.5 Å². The molecule has 0 atom stereocenters. The number of aromatic nitrogens is 2. The maximum absolute atomic E-state index is 12.5. The van der Waals surface area contributed by atoms with Gasteiger partial charge in [-0.3, -0.25) is 9.82 Å². The zero-order valence-electron chi connectivity index (χ0n) is 11.3. The van der Waals surface area contributed by atoms with Crippen molar-refractivity contribution in [2.45, 2.75) is 18.2 Å². The number of halogens is 2. The number of nitrogens with zero attached hydrogens (tertiary/aromatic N) is 1. The van der Waals surface area contributed by atoms with E-state index in [4.69, 9.17) is 16.3 Å². The number of ether oxygens (including phenoxy) is 1. The fraction of sp³-hybridized carbons (Fsp3) is 0.250. The molecule has 0 saturated carbocycles. The van der Waals surface area contributed by atoms with E-state index < -0.39 is 10.0 Å². The summed E-state index contributed by atoms with van der Waals surface area (Å²) in [5.74, 6) is 0.392. The summed E-state index contributed by atoms with van der Waals surface area (Å²) in [7, 11) is -2.48. The molecule has 0 aliphatic rings. The van der Waals surface area contributed by atoms with Crippen LogP contribution in [0.3, 0.4) is 0 Å². The van der Waals surface area contributed by atoms with Crippen LogP contribution in [0.25, 0.3) is 0 Å². The van der Waals surface area contributed by atoms with Gasteiger partial charge in [-0.2, -0.15) is 5.10 Å². The van der Waals surface area contributed by atoms with Crippen LogP contribution in [0.2, 0.25) is 5.02 Å². The Hall–Kier alpha value is -1.25. The van der Waals surface area contributed by atoms with Gasteiger partial charge in [0.15, 0.2) is 11.6 Å². The summed E-state index contributed by atoms with van der Waals surface area (Å²) in [5, 5.41) is 6.91. The zero-order chi connectivity index (χ0) is 15.6. The molecule has 0 amide bonds. The molecule has 1 aromatic carbocycles. The average molecular weight is 395 g/mol. The molecule has 9 heteroatoms. The lowest BCUT2D eigenvalue weighted by Gasteiger charge is -2.12. The number of nitrogens with one attached hydrogen (secondary N) is 2. The van der Waals surface area contributed by atoms with Crippen molar-refractivity contribution >= 4 is 43.4 Å². The first-order valence-electron chi connectivity index (χ1n) is 5.97. The second-order valence-electron chi connectivity index (χ2n) is 4.16. The number of methoxy groups -OCH3 is 1. The van der Waals surface area contributed by atoms with Crippen LogP contribution in [0.4, 0.5) is 5.82 Å². The normalized spacial score (nSPS) is 11.4. The number of benzene rings is 1. The predicted molar refractivity (Wildman–Crippen MR) is 84.5 cm³/mol. The minimum absolute atomic E-state index is 0.0644. The molecule has 1 aromatic heterocycles. The number of H-pyrrole nitrogens is 1. The maximum atomic E-state index is 12.5. The minimum atomic E-state index is -3.87. The van der Waals surface area contributed by atoms with Crippen LogP contribution < -0.4 is 9.46 Å². The Morgan fingerprint density at radius 3 is 2.71 bits per heavy atom. The van der Waals surface area contributed by atoms with Crippen LogP contribution in [-0.2, 0) is 16.4 Å². The number of hydrogen-bond acceptors (Lipinski definition) is 4. The van der Waals surface area contributed by atoms with Crippen LogP contribution in [0.1, 0.15) is 12.6 Å². The molecular weight excluding hydrogens is 382 g/mol. The fourth-order valence-electron chi connectivity index (χ4n) is 1.72. The van der Waals surface area contributed by atoms with E-state index >= 15 is 0 Å². The molecule has 6 nitrogen and oxygen atoms in total. The first-order chi connectivity index (χ1) is 9.87. The number of aryl methyl sites for hydroxylation is 1. The Kier molecular flexibility index (Phi) is 4.80. The largest absolute Gasteiger partial charge is 0.494 e. The van der Waals surface area contributed by atoms with Crippen molar-refractivity contribution in [3.63, 3.8) is 0 Å². The molecular formula is C12H13BrClN3O3S. The summed E-state index contributed by atoms with van der Waals surface area (Å²) in [6, 6.07) is 4.51. The molecule has 21 heavy (non-hydrogen) atoms. The molecule has 0 aliphatic carbocycles. The van der Waals surface area contributed by atoms with E-state index in [1.165, 1.54) is 13.2 Å². The summed E-state index contributed by atoms with van der Waals surface area (Å²) in [6.45, 7) is 1.93. The number of hydrogen-bond donors (Lipinski definition) is 2. The van der Waals surface area contributed by atoms with Gasteiger partial charge in [0.25, 0.3) is 10.0 Å². The van der Waals surface area contributed by atoms with Crippen LogP contribution in [-0.4, -0.2) is 25.7 Å². The summed E-state index contributed by atoms with van der Waals surface area (Å²) in [5.41, 5.74) is 0.826. The number of anilines is 1. The van der Waals surface area contributed by atoms with Gasteiger partial charge in [0.1, 0.15) is 4.90 Å². The highest BCUT2D eigenvalue weighted by atomic mass is 79.9. The second-order valence-corrected chi connectivity index (χ2v) is 7.10. The zero-order valence-corrected chi connectivity index (χ0v) is 14.4. The lowest BCUT2D eigenvalue weighted by molar-refractivity contribution is 0.400. The van der Waals surface area contributed by atoms with Crippen molar-refractivity contribution < 1.29 is 13.2 Å². The van der Waals surface area contributed by atoms with Crippen LogP contribution >= 0.6 is 27.5 Å². The number of sulfonamides is 1. The standard InChI is InChI=1S/C12H13BrClN3O3S/c1-3-8-6-11(16-15-8)17-21(18,19)10-5-7(14)4-9(13)12(10)20-2/h4-6H,3H2,1-2H3,(H2,15,16,17). The summed E-state index contributed by atoms with van der Waals surface area (Å²) >= 11 is 9.14. The fourth-order valence-corrected chi connectivity index (χ4v) is 4.10. The van der Waals surface area contributed by atoms with E-state index in [2.05, 4.69) is 30.8 Å². The highest BCUT2D eigenvalue weighted by Crippen LogP contribution is 2.36. The Bertz CT molecular complexity index is 761. The van der Waals surface area contributed by atoms with Crippen molar-refractivity contribution in [1.82, 2.24) is 10.2 Å². The molecule has 0 saturated heterocycles. The first kappa shape index (κ1) is 16.1. The molecule has 0 fully saturated rings. The lowest BCUT2D eigenvalue weighted by Crippen LogP contribution is -2.14. The number of rotatable bonds is 5. The van der Waals surface area contributed by atoms with Crippen LogP contribution in [0, 0.1) is 0 Å². The third kappa shape index (κ3) is 3.50. The smallest absolute Gasteiger partial charge is 0.266 e. The third-order valence-electron chi connectivity index (χ3n) is 2.72. The molecule has 0 radical (unpaired) electrons. The molecule has 2 rings (SSSR count). The number of aromatic amines is 1. The van der Waals surface area contributed by atoms with Crippen LogP contribution in [0.5, 0.6) is 5.75 Å². The monoisotopic (exact) mass is 393 g/mol. The van der Waals surface area contributed by atoms with Crippen molar-refractivity contribution in [3.05, 3.63) is 33.4 Å². The SMILES string of the molecule is CCc1cc(NS(=O)(=O)c2cc(Cl)cc(Br)c2OC)n[nH]1. The van der Waals surface area contributed by atoms with E-state index in [0.29, 0.717) is 4.47 Å². The van der Waals surface area contributed by atoms with E-state index in [1.54, 1.807) is 12.1 Å². The molecule has 0 aliphatic heterocycles. The summed E-state index contributed by atoms with van der Waals surface area (Å²) < 4.78 is 32.9. The van der Waals surface area contributed by atoms with Crippen molar-refractivity contribution in [3.8, 4) is 5.75 Å². The van der Waals surface area contributed by atoms with Crippen molar-refractivity contribution in [2.24, 2.45) is 0 Å². The molecule has 114 valence electrons. The molecule has 2 N–H and O–H groups in total. The second kappa shape index (κ2) is 6.25. The Labute approximate surface area is 136 Å². The van der Waals surface area contributed by atoms with Gasteiger partial charge in [0.2, 0.25) is 0 Å². The predicted octanol–water partition coefficient (Wildman–Crippen LogP) is 3.20. The van der Waals surface area contributed by atoms with Gasteiger partial charge in [-0.25, -0.2) is 8.42 Å². The van der Waals surface area contributed by atoms with Gasteiger partial charge >= 0.3 is 0 Å². The van der Waals surface area contributed by atoms with Gasteiger partial charge in [-0.1, -0.05) is 18.5 Å². The average Bonchev–Trinajstić information content (AvgIpc) is 2.85.